The van der Waals surface area contributed by atoms with Gasteiger partial charge in [0.1, 0.15) is 11.7 Å². The number of alkyl halides is 1. The van der Waals surface area contributed by atoms with Crippen molar-refractivity contribution in [3.8, 4) is 5.69 Å². The molecule has 2 aromatic carbocycles. The van der Waals surface area contributed by atoms with Crippen LogP contribution in [0.2, 0.25) is 0 Å². The summed E-state index contributed by atoms with van der Waals surface area (Å²) in [6.07, 6.45) is 1.60. The molecule has 1 fully saturated rings. The van der Waals surface area contributed by atoms with Gasteiger partial charge >= 0.3 is 0 Å². The Hall–Kier alpha value is -2.73. The van der Waals surface area contributed by atoms with Gasteiger partial charge in [0.15, 0.2) is 0 Å². The summed E-state index contributed by atoms with van der Waals surface area (Å²) in [5.41, 5.74) is 8.24. The first-order valence-corrected chi connectivity index (χ1v) is 8.37. The quantitative estimate of drug-likeness (QED) is 0.771. The third-order valence-corrected chi connectivity index (χ3v) is 4.79. The van der Waals surface area contributed by atoms with Crippen LogP contribution in [0.15, 0.2) is 48.7 Å². The van der Waals surface area contributed by atoms with Gasteiger partial charge in [-0.05, 0) is 36.7 Å². The molecule has 0 aliphatic carbocycles. The lowest BCUT2D eigenvalue weighted by Gasteiger charge is -2.27. The van der Waals surface area contributed by atoms with Gasteiger partial charge in [-0.25, -0.2) is 9.07 Å². The largest absolute Gasteiger partial charge is 0.366 e. The van der Waals surface area contributed by atoms with E-state index in [0.717, 1.165) is 23.2 Å². The topological polar surface area (TPSA) is 72.9 Å². The zero-order chi connectivity index (χ0) is 17.4. The highest BCUT2D eigenvalue weighted by Crippen LogP contribution is 2.27. The van der Waals surface area contributed by atoms with Gasteiger partial charge in [-0.15, -0.1) is 0 Å². The Kier molecular flexibility index (Phi) is 3.97. The minimum absolute atomic E-state index is 0.110. The molecule has 2 heterocycles. The minimum atomic E-state index is -0.808. The lowest BCUT2D eigenvalue weighted by molar-refractivity contribution is 0.100. The zero-order valence-electron chi connectivity index (χ0n) is 13.7. The fraction of sp³-hybridized carbons (Fsp3) is 0.263. The van der Waals surface area contributed by atoms with Gasteiger partial charge in [0.2, 0.25) is 0 Å². The molecule has 0 bridgehead atoms. The summed E-state index contributed by atoms with van der Waals surface area (Å²) in [5, 5.41) is 8.58. The van der Waals surface area contributed by atoms with E-state index >= 15 is 0 Å². The van der Waals surface area contributed by atoms with Crippen LogP contribution in [0.1, 0.15) is 28.3 Å². The molecule has 3 aromatic rings. The second-order valence-electron chi connectivity index (χ2n) is 6.39. The van der Waals surface area contributed by atoms with Gasteiger partial charge < -0.3 is 11.1 Å². The van der Waals surface area contributed by atoms with Gasteiger partial charge in [0.25, 0.3) is 5.91 Å². The van der Waals surface area contributed by atoms with Crippen LogP contribution in [0.25, 0.3) is 16.6 Å². The van der Waals surface area contributed by atoms with Crippen molar-refractivity contribution in [3.63, 3.8) is 0 Å². The average Bonchev–Trinajstić information content (AvgIpc) is 3.06. The van der Waals surface area contributed by atoms with Gasteiger partial charge in [0, 0.05) is 24.0 Å². The highest BCUT2D eigenvalue weighted by Gasteiger charge is 2.25. The summed E-state index contributed by atoms with van der Waals surface area (Å²) in [6.45, 7) is 1.39. The Bertz CT molecular complexity index is 919. The van der Waals surface area contributed by atoms with Crippen LogP contribution in [-0.4, -0.2) is 34.9 Å². The molecule has 1 amide bonds. The van der Waals surface area contributed by atoms with Crippen molar-refractivity contribution in [2.75, 3.05) is 13.1 Å². The number of rotatable bonds is 3. The molecule has 2 atom stereocenters. The Labute approximate surface area is 144 Å². The average molecular weight is 338 g/mol. The molecular weight excluding hydrogens is 319 g/mol. The normalized spacial score (nSPS) is 20.7. The number of hydrogen-bond acceptors (Lipinski definition) is 3. The highest BCUT2D eigenvalue weighted by atomic mass is 19.1. The van der Waals surface area contributed by atoms with E-state index < -0.39 is 12.1 Å². The molecule has 128 valence electrons. The van der Waals surface area contributed by atoms with Crippen LogP contribution in [0.4, 0.5) is 4.39 Å². The number of primary amides is 1. The van der Waals surface area contributed by atoms with Crippen LogP contribution < -0.4 is 11.1 Å². The fourth-order valence-corrected chi connectivity index (χ4v) is 3.40. The molecule has 0 radical (unpaired) electrons. The van der Waals surface area contributed by atoms with Crippen LogP contribution in [0.3, 0.4) is 0 Å². The molecular formula is C19H19FN4O. The van der Waals surface area contributed by atoms with Gasteiger partial charge in [0.05, 0.1) is 11.3 Å². The number of hydrogen-bond donors (Lipinski definition) is 2. The van der Waals surface area contributed by atoms with Crippen molar-refractivity contribution >= 4 is 16.8 Å². The predicted molar refractivity (Wildman–Crippen MR) is 94.7 cm³/mol. The maximum atomic E-state index is 14.1. The Morgan fingerprint density at radius 2 is 2.04 bits per heavy atom. The van der Waals surface area contributed by atoms with Crippen LogP contribution in [-0.2, 0) is 0 Å². The zero-order valence-corrected chi connectivity index (χ0v) is 13.7. The Balaban J connectivity index is 1.67. The van der Waals surface area contributed by atoms with E-state index in [1.165, 1.54) is 0 Å². The van der Waals surface area contributed by atoms with Crippen molar-refractivity contribution in [2.24, 2.45) is 5.73 Å². The minimum Gasteiger partial charge on any atom is -0.366 e. The van der Waals surface area contributed by atoms with Gasteiger partial charge in [-0.3, -0.25) is 4.79 Å². The molecule has 25 heavy (non-hydrogen) atoms. The summed E-state index contributed by atoms with van der Waals surface area (Å²) in [4.78, 5) is 11.5. The monoisotopic (exact) mass is 338 g/mol. The summed E-state index contributed by atoms with van der Waals surface area (Å²) < 4.78 is 15.8. The molecule has 3 N–H and O–H groups in total. The summed E-state index contributed by atoms with van der Waals surface area (Å²) in [7, 11) is 0. The first-order chi connectivity index (χ1) is 12.1. The maximum absolute atomic E-state index is 14.1. The Morgan fingerprint density at radius 3 is 2.76 bits per heavy atom. The maximum Gasteiger partial charge on any atom is 0.250 e. The number of aromatic nitrogens is 2. The molecule has 6 heteroatoms. The fourth-order valence-electron chi connectivity index (χ4n) is 3.40. The van der Waals surface area contributed by atoms with E-state index in [9.17, 15) is 9.18 Å². The summed E-state index contributed by atoms with van der Waals surface area (Å²) in [6, 6.07) is 13.1. The first kappa shape index (κ1) is 15.8. The summed E-state index contributed by atoms with van der Waals surface area (Å²) in [5.74, 6) is -0.606. The predicted octanol–water partition coefficient (Wildman–Crippen LogP) is 2.54. The molecule has 0 saturated carbocycles. The standard InChI is InChI=1S/C19H19FN4O/c20-17-8-9-22-10-16(17)12-4-6-14(7-5-12)24-11-13-2-1-3-15(19(21)25)18(13)23-24/h1-7,11,16-17,22H,8-10H2,(H2,21,25)/t16-,17+/m0/s1. The van der Waals surface area contributed by atoms with Crippen molar-refractivity contribution in [1.82, 2.24) is 15.1 Å². The van der Waals surface area contributed by atoms with E-state index in [4.69, 9.17) is 5.73 Å². The highest BCUT2D eigenvalue weighted by molar-refractivity contribution is 6.04. The third kappa shape index (κ3) is 2.89. The van der Waals surface area contributed by atoms with Crippen molar-refractivity contribution in [1.29, 1.82) is 0 Å². The SMILES string of the molecule is NC(=O)c1cccc2cn(-c3ccc([C@@H]4CNCC[C@H]4F)cc3)nc12. The molecule has 0 unspecified atom stereocenters. The molecule has 1 saturated heterocycles. The van der Waals surface area contributed by atoms with Crippen molar-refractivity contribution < 1.29 is 9.18 Å². The molecule has 1 aliphatic rings. The van der Waals surface area contributed by atoms with Crippen LogP contribution >= 0.6 is 0 Å². The number of carbonyl (C=O) groups excluding carboxylic acids is 1. The smallest absolute Gasteiger partial charge is 0.250 e. The number of halogens is 1. The second kappa shape index (κ2) is 6.29. The lowest BCUT2D eigenvalue weighted by atomic mass is 9.90. The molecule has 1 aromatic heterocycles. The van der Waals surface area contributed by atoms with Gasteiger partial charge in [-0.2, -0.15) is 5.10 Å². The van der Waals surface area contributed by atoms with Crippen LogP contribution in [0, 0.1) is 0 Å². The van der Waals surface area contributed by atoms with E-state index in [-0.39, 0.29) is 5.92 Å². The number of amides is 1. The number of nitrogens with one attached hydrogen (secondary N) is 1. The summed E-state index contributed by atoms with van der Waals surface area (Å²) >= 11 is 0. The Morgan fingerprint density at radius 1 is 1.24 bits per heavy atom. The number of nitrogens with two attached hydrogens (primary N) is 1. The molecule has 0 spiro atoms. The van der Waals surface area contributed by atoms with E-state index in [0.29, 0.717) is 24.0 Å². The third-order valence-electron chi connectivity index (χ3n) is 4.79. The lowest BCUT2D eigenvalue weighted by Crippen LogP contribution is -2.36. The van der Waals surface area contributed by atoms with Crippen molar-refractivity contribution in [2.45, 2.75) is 18.5 Å². The molecule has 5 nitrogen and oxygen atoms in total. The first-order valence-electron chi connectivity index (χ1n) is 8.37. The van der Waals surface area contributed by atoms with E-state index in [1.807, 2.05) is 36.5 Å². The number of fused-ring (bicyclic) bond motifs is 1. The van der Waals surface area contributed by atoms with Crippen molar-refractivity contribution in [3.05, 3.63) is 59.8 Å². The number of piperidine rings is 1. The number of carbonyl (C=O) groups is 1. The second-order valence-corrected chi connectivity index (χ2v) is 6.39. The van der Waals surface area contributed by atoms with Crippen LogP contribution in [0.5, 0.6) is 0 Å². The van der Waals surface area contributed by atoms with Gasteiger partial charge in [-0.1, -0.05) is 24.3 Å². The molecule has 1 aliphatic heterocycles. The number of benzene rings is 2. The molecule has 4 rings (SSSR count). The number of nitrogens with zero attached hydrogens (tertiary/aromatic N) is 2. The van der Waals surface area contributed by atoms with E-state index in [2.05, 4.69) is 10.4 Å². The van der Waals surface area contributed by atoms with E-state index in [1.54, 1.807) is 16.8 Å².